The molecule has 5 heteroatoms. The van der Waals surface area contributed by atoms with E-state index in [9.17, 15) is 4.79 Å². The molecule has 3 heterocycles. The predicted octanol–water partition coefficient (Wildman–Crippen LogP) is 3.39. The normalized spacial score (nSPS) is 25.4. The molecule has 0 N–H and O–H groups in total. The number of hydrogen-bond donors (Lipinski definition) is 0. The summed E-state index contributed by atoms with van der Waals surface area (Å²) in [4.78, 5) is 17.1. The fourth-order valence-electron chi connectivity index (χ4n) is 5.11. The molecule has 0 aliphatic carbocycles. The first-order chi connectivity index (χ1) is 13.6. The summed E-state index contributed by atoms with van der Waals surface area (Å²) < 4.78 is 11.1. The molecule has 1 amide bonds. The molecule has 4 rings (SSSR count). The van der Waals surface area contributed by atoms with Crippen molar-refractivity contribution >= 4 is 5.91 Å². The SMILES string of the molecule is COc1ccc(CN2CCC3(CCC(=O)N(CC4CCCO4)C3)CC2)c(C)c1. The summed E-state index contributed by atoms with van der Waals surface area (Å²) in [5, 5.41) is 0. The molecular formula is C23H34N2O3. The Kier molecular flexibility index (Phi) is 5.93. The Bertz CT molecular complexity index is 691. The first-order valence-electron chi connectivity index (χ1n) is 10.8. The van der Waals surface area contributed by atoms with Crippen LogP contribution in [0.2, 0.25) is 0 Å². The number of amides is 1. The van der Waals surface area contributed by atoms with Gasteiger partial charge in [0.1, 0.15) is 5.75 Å². The van der Waals surface area contributed by atoms with Crippen LogP contribution in [-0.2, 0) is 16.1 Å². The van der Waals surface area contributed by atoms with E-state index in [2.05, 4.69) is 34.9 Å². The topological polar surface area (TPSA) is 42.0 Å². The van der Waals surface area contributed by atoms with Crippen molar-refractivity contribution in [2.24, 2.45) is 5.41 Å². The zero-order chi connectivity index (χ0) is 19.6. The standard InChI is InChI=1S/C23H34N2O3/c1-18-14-20(27-2)6-5-19(18)15-24-11-9-23(10-12-24)8-7-22(26)25(17-23)16-21-4-3-13-28-21/h5-6,14,21H,3-4,7-13,15-17H2,1-2H3. The maximum Gasteiger partial charge on any atom is 0.222 e. The Labute approximate surface area is 169 Å². The highest BCUT2D eigenvalue weighted by atomic mass is 16.5. The first-order valence-corrected chi connectivity index (χ1v) is 10.8. The monoisotopic (exact) mass is 386 g/mol. The van der Waals surface area contributed by atoms with E-state index in [-0.39, 0.29) is 6.10 Å². The van der Waals surface area contributed by atoms with Crippen molar-refractivity contribution in [1.29, 1.82) is 0 Å². The minimum atomic E-state index is 0.261. The second kappa shape index (κ2) is 8.42. The average molecular weight is 387 g/mol. The number of likely N-dealkylation sites (tertiary alicyclic amines) is 2. The molecule has 1 aromatic carbocycles. The molecule has 3 saturated heterocycles. The van der Waals surface area contributed by atoms with Crippen LogP contribution in [0.25, 0.3) is 0 Å². The van der Waals surface area contributed by atoms with Gasteiger partial charge in [0.15, 0.2) is 0 Å². The Morgan fingerprint density at radius 3 is 2.75 bits per heavy atom. The lowest BCUT2D eigenvalue weighted by molar-refractivity contribution is -0.141. The summed E-state index contributed by atoms with van der Waals surface area (Å²) in [6, 6.07) is 6.38. The predicted molar refractivity (Wildman–Crippen MR) is 109 cm³/mol. The van der Waals surface area contributed by atoms with Crippen LogP contribution < -0.4 is 4.74 Å². The molecule has 0 bridgehead atoms. The van der Waals surface area contributed by atoms with E-state index >= 15 is 0 Å². The Hall–Kier alpha value is -1.59. The van der Waals surface area contributed by atoms with Gasteiger partial charge in [-0.2, -0.15) is 0 Å². The highest BCUT2D eigenvalue weighted by Crippen LogP contribution is 2.41. The van der Waals surface area contributed by atoms with E-state index < -0.39 is 0 Å². The number of carbonyl (C=O) groups excluding carboxylic acids is 1. The first kappa shape index (κ1) is 19.7. The van der Waals surface area contributed by atoms with Crippen LogP contribution in [0.3, 0.4) is 0 Å². The lowest BCUT2D eigenvalue weighted by Crippen LogP contribution is -2.52. The third-order valence-electron chi connectivity index (χ3n) is 7.06. The van der Waals surface area contributed by atoms with Crippen molar-refractivity contribution in [3.05, 3.63) is 29.3 Å². The van der Waals surface area contributed by atoms with E-state index in [0.717, 1.165) is 64.3 Å². The highest BCUT2D eigenvalue weighted by molar-refractivity contribution is 5.77. The van der Waals surface area contributed by atoms with Crippen molar-refractivity contribution in [3.8, 4) is 5.75 Å². The fraction of sp³-hybridized carbons (Fsp3) is 0.696. The molecule has 0 aromatic heterocycles. The summed E-state index contributed by atoms with van der Waals surface area (Å²) in [6.07, 6.45) is 6.66. The summed E-state index contributed by atoms with van der Waals surface area (Å²) in [5.41, 5.74) is 3.00. The molecule has 1 aromatic rings. The lowest BCUT2D eigenvalue weighted by Gasteiger charge is -2.48. The van der Waals surface area contributed by atoms with E-state index in [4.69, 9.17) is 9.47 Å². The Morgan fingerprint density at radius 1 is 1.25 bits per heavy atom. The molecule has 1 unspecified atom stereocenters. The molecule has 154 valence electrons. The minimum Gasteiger partial charge on any atom is -0.497 e. The number of hydrogen-bond acceptors (Lipinski definition) is 4. The van der Waals surface area contributed by atoms with Gasteiger partial charge in [-0.15, -0.1) is 0 Å². The number of piperidine rings is 2. The quantitative estimate of drug-likeness (QED) is 0.778. The van der Waals surface area contributed by atoms with E-state index in [1.54, 1.807) is 7.11 Å². The third kappa shape index (κ3) is 4.36. The Morgan fingerprint density at radius 2 is 2.07 bits per heavy atom. The zero-order valence-electron chi connectivity index (χ0n) is 17.4. The molecule has 3 aliphatic rings. The van der Waals surface area contributed by atoms with Gasteiger partial charge >= 0.3 is 0 Å². The molecular weight excluding hydrogens is 352 g/mol. The van der Waals surface area contributed by atoms with Gasteiger partial charge in [-0.05, 0) is 80.8 Å². The van der Waals surface area contributed by atoms with E-state index in [1.807, 2.05) is 0 Å². The number of methoxy groups -OCH3 is 1. The maximum absolute atomic E-state index is 12.5. The number of rotatable bonds is 5. The third-order valence-corrected chi connectivity index (χ3v) is 7.06. The van der Waals surface area contributed by atoms with Crippen molar-refractivity contribution in [1.82, 2.24) is 9.80 Å². The largest absolute Gasteiger partial charge is 0.497 e. The molecule has 1 spiro atoms. The number of nitrogens with zero attached hydrogens (tertiary/aromatic N) is 2. The van der Waals surface area contributed by atoms with Crippen molar-refractivity contribution in [3.63, 3.8) is 0 Å². The van der Waals surface area contributed by atoms with Gasteiger partial charge in [0.05, 0.1) is 13.2 Å². The number of ether oxygens (including phenoxy) is 2. The van der Waals surface area contributed by atoms with Crippen LogP contribution in [0.4, 0.5) is 0 Å². The molecule has 3 aliphatic heterocycles. The van der Waals surface area contributed by atoms with Crippen LogP contribution in [0.1, 0.15) is 49.7 Å². The lowest BCUT2D eigenvalue weighted by atomic mass is 9.72. The summed E-state index contributed by atoms with van der Waals surface area (Å²) in [6.45, 7) is 8.00. The van der Waals surface area contributed by atoms with Gasteiger partial charge in [-0.1, -0.05) is 6.07 Å². The molecule has 0 radical (unpaired) electrons. The summed E-state index contributed by atoms with van der Waals surface area (Å²) in [5.74, 6) is 1.26. The summed E-state index contributed by atoms with van der Waals surface area (Å²) >= 11 is 0. The van der Waals surface area contributed by atoms with Crippen molar-refractivity contribution < 1.29 is 14.3 Å². The van der Waals surface area contributed by atoms with Crippen LogP contribution in [-0.4, -0.2) is 61.7 Å². The van der Waals surface area contributed by atoms with Crippen molar-refractivity contribution in [2.75, 3.05) is 39.9 Å². The van der Waals surface area contributed by atoms with Gasteiger partial charge in [0.2, 0.25) is 5.91 Å². The zero-order valence-corrected chi connectivity index (χ0v) is 17.4. The fourth-order valence-corrected chi connectivity index (χ4v) is 5.11. The summed E-state index contributed by atoms with van der Waals surface area (Å²) in [7, 11) is 1.72. The number of benzene rings is 1. The molecule has 0 saturated carbocycles. The highest BCUT2D eigenvalue weighted by Gasteiger charge is 2.41. The number of aryl methyl sites for hydroxylation is 1. The molecule has 28 heavy (non-hydrogen) atoms. The minimum absolute atomic E-state index is 0.261. The van der Waals surface area contributed by atoms with Gasteiger partial charge in [-0.25, -0.2) is 0 Å². The van der Waals surface area contributed by atoms with E-state index in [1.165, 1.54) is 24.0 Å². The molecule has 5 nitrogen and oxygen atoms in total. The van der Waals surface area contributed by atoms with Gasteiger partial charge in [-0.3, -0.25) is 9.69 Å². The average Bonchev–Trinajstić information content (AvgIpc) is 3.21. The van der Waals surface area contributed by atoms with Crippen LogP contribution >= 0.6 is 0 Å². The van der Waals surface area contributed by atoms with Crippen LogP contribution in [0.5, 0.6) is 5.75 Å². The molecule has 1 atom stereocenters. The maximum atomic E-state index is 12.5. The second-order valence-electron chi connectivity index (χ2n) is 8.98. The van der Waals surface area contributed by atoms with E-state index in [0.29, 0.717) is 17.7 Å². The van der Waals surface area contributed by atoms with Crippen molar-refractivity contribution in [2.45, 2.75) is 58.1 Å². The molecule has 3 fully saturated rings. The Balaban J connectivity index is 1.33. The van der Waals surface area contributed by atoms with Gasteiger partial charge < -0.3 is 14.4 Å². The van der Waals surface area contributed by atoms with Gasteiger partial charge in [0.25, 0.3) is 0 Å². The smallest absolute Gasteiger partial charge is 0.222 e. The van der Waals surface area contributed by atoms with Crippen LogP contribution in [0.15, 0.2) is 18.2 Å². The van der Waals surface area contributed by atoms with Gasteiger partial charge in [0, 0.05) is 32.7 Å². The number of carbonyl (C=O) groups is 1. The second-order valence-corrected chi connectivity index (χ2v) is 8.98. The van der Waals surface area contributed by atoms with Crippen LogP contribution in [0, 0.1) is 12.3 Å².